The highest BCUT2D eigenvalue weighted by atomic mass is 35.5. The minimum atomic E-state index is 0.339. The van der Waals surface area contributed by atoms with Crippen LogP contribution in [0.5, 0.6) is 0 Å². The molecule has 4 heteroatoms. The van der Waals surface area contributed by atoms with Crippen molar-refractivity contribution in [1.29, 1.82) is 0 Å². The van der Waals surface area contributed by atoms with E-state index < -0.39 is 0 Å². The Bertz CT molecular complexity index is 390. The maximum Gasteiger partial charge on any atom is 0.0847 e. The van der Waals surface area contributed by atoms with Crippen molar-refractivity contribution in [3.63, 3.8) is 0 Å². The first-order valence-corrected chi connectivity index (χ1v) is 5.57. The maximum absolute atomic E-state index is 6.15. The molecule has 0 saturated heterocycles. The minimum Gasteiger partial charge on any atom is -0.365 e. The first kappa shape index (κ1) is 10.8. The second-order valence-electron chi connectivity index (χ2n) is 3.78. The molecule has 0 aromatic heterocycles. The van der Waals surface area contributed by atoms with Gasteiger partial charge in [0.05, 0.1) is 6.34 Å². The fourth-order valence-corrected chi connectivity index (χ4v) is 2.24. The Hall–Kier alpha value is -0.730. The smallest absolute Gasteiger partial charge is 0.0847 e. The molecule has 15 heavy (non-hydrogen) atoms. The van der Waals surface area contributed by atoms with Crippen LogP contribution in [0.1, 0.15) is 11.5 Å². The summed E-state index contributed by atoms with van der Waals surface area (Å²) in [6.07, 6.45) is 1.86. The van der Waals surface area contributed by atoms with Gasteiger partial charge in [-0.15, -0.1) is 0 Å². The molecular weight excluding hydrogens is 231 g/mol. The molecule has 1 heterocycles. The predicted molar refractivity (Wildman–Crippen MR) is 65.2 cm³/mol. The van der Waals surface area contributed by atoms with E-state index in [1.807, 2.05) is 31.6 Å². The van der Waals surface area contributed by atoms with Crippen molar-refractivity contribution in [2.45, 2.75) is 5.92 Å². The highest BCUT2D eigenvalue weighted by Gasteiger charge is 2.18. The summed E-state index contributed by atoms with van der Waals surface area (Å²) >= 11 is 12.1. The van der Waals surface area contributed by atoms with Crippen molar-refractivity contribution < 1.29 is 0 Å². The van der Waals surface area contributed by atoms with Crippen LogP contribution in [0, 0.1) is 0 Å². The molecule has 1 aliphatic rings. The van der Waals surface area contributed by atoms with E-state index in [0.717, 1.165) is 28.7 Å². The van der Waals surface area contributed by atoms with Gasteiger partial charge in [-0.1, -0.05) is 23.2 Å². The average Bonchev–Trinajstić information content (AvgIpc) is 2.22. The lowest BCUT2D eigenvalue weighted by molar-refractivity contribution is 0.440. The van der Waals surface area contributed by atoms with Crippen molar-refractivity contribution in [3.05, 3.63) is 33.8 Å². The van der Waals surface area contributed by atoms with E-state index in [1.54, 1.807) is 0 Å². The number of likely N-dealkylation sites (N-methyl/N-ethyl adjacent to an activating group) is 1. The van der Waals surface area contributed by atoms with Crippen LogP contribution in [0.3, 0.4) is 0 Å². The van der Waals surface area contributed by atoms with E-state index in [4.69, 9.17) is 23.2 Å². The molecule has 0 N–H and O–H groups in total. The third-order valence-electron chi connectivity index (χ3n) is 2.51. The van der Waals surface area contributed by atoms with Gasteiger partial charge >= 0.3 is 0 Å². The lowest BCUT2D eigenvalue weighted by Crippen LogP contribution is -2.29. The summed E-state index contributed by atoms with van der Waals surface area (Å²) in [6.45, 7) is 1.72. The van der Waals surface area contributed by atoms with E-state index in [2.05, 4.69) is 9.89 Å². The van der Waals surface area contributed by atoms with Crippen LogP contribution in [0.4, 0.5) is 0 Å². The molecule has 1 unspecified atom stereocenters. The molecule has 0 fully saturated rings. The monoisotopic (exact) mass is 242 g/mol. The topological polar surface area (TPSA) is 15.6 Å². The first-order chi connectivity index (χ1) is 7.16. The third-order valence-corrected chi connectivity index (χ3v) is 3.09. The number of aliphatic imine (C=N–C) groups is 1. The summed E-state index contributed by atoms with van der Waals surface area (Å²) in [5.74, 6) is 0.339. The van der Waals surface area contributed by atoms with Gasteiger partial charge in [-0.3, -0.25) is 4.99 Å². The van der Waals surface area contributed by atoms with Crippen LogP contribution in [0.2, 0.25) is 10.0 Å². The molecule has 0 saturated carbocycles. The van der Waals surface area contributed by atoms with E-state index in [1.165, 1.54) is 0 Å². The standard InChI is InChI=1S/C11H12Cl2N2/c1-15-6-8(5-14-7-15)10-4-9(12)2-3-11(10)13/h2-4,7-8H,5-6H2,1H3. The zero-order valence-electron chi connectivity index (χ0n) is 8.45. The average molecular weight is 243 g/mol. The molecule has 0 radical (unpaired) electrons. The minimum absolute atomic E-state index is 0.339. The van der Waals surface area contributed by atoms with Crippen molar-refractivity contribution in [2.75, 3.05) is 20.1 Å². The second-order valence-corrected chi connectivity index (χ2v) is 4.63. The molecule has 0 aliphatic carbocycles. The summed E-state index contributed by atoms with van der Waals surface area (Å²) in [6, 6.07) is 5.59. The van der Waals surface area contributed by atoms with Crippen LogP contribution in [0.25, 0.3) is 0 Å². The Morgan fingerprint density at radius 3 is 2.93 bits per heavy atom. The Labute approximate surface area is 99.5 Å². The Morgan fingerprint density at radius 1 is 1.40 bits per heavy atom. The normalized spacial score (nSPS) is 20.7. The molecule has 0 amide bonds. The van der Waals surface area contributed by atoms with Gasteiger partial charge in [-0.25, -0.2) is 0 Å². The maximum atomic E-state index is 6.15. The van der Waals surface area contributed by atoms with Crippen molar-refractivity contribution in [1.82, 2.24) is 4.90 Å². The van der Waals surface area contributed by atoms with Gasteiger partial charge in [0.2, 0.25) is 0 Å². The summed E-state index contributed by atoms with van der Waals surface area (Å²) in [4.78, 5) is 6.35. The molecular formula is C11H12Cl2N2. The zero-order chi connectivity index (χ0) is 10.8. The number of hydrogen-bond donors (Lipinski definition) is 0. The Morgan fingerprint density at radius 2 is 2.20 bits per heavy atom. The summed E-state index contributed by atoms with van der Waals surface area (Å²) in [5.41, 5.74) is 1.09. The highest BCUT2D eigenvalue weighted by molar-refractivity contribution is 6.33. The van der Waals surface area contributed by atoms with Gasteiger partial charge in [0.1, 0.15) is 0 Å². The predicted octanol–water partition coefficient (Wildman–Crippen LogP) is 3.05. The summed E-state index contributed by atoms with van der Waals surface area (Å²) in [7, 11) is 2.01. The van der Waals surface area contributed by atoms with Crippen LogP contribution >= 0.6 is 23.2 Å². The van der Waals surface area contributed by atoms with Crippen molar-refractivity contribution >= 4 is 29.5 Å². The van der Waals surface area contributed by atoms with E-state index in [0.29, 0.717) is 5.92 Å². The number of hydrogen-bond acceptors (Lipinski definition) is 2. The van der Waals surface area contributed by atoms with Crippen LogP contribution < -0.4 is 0 Å². The molecule has 80 valence electrons. The van der Waals surface area contributed by atoms with Gasteiger partial charge in [0.25, 0.3) is 0 Å². The lowest BCUT2D eigenvalue weighted by Gasteiger charge is -2.26. The molecule has 2 nitrogen and oxygen atoms in total. The second kappa shape index (κ2) is 4.42. The lowest BCUT2D eigenvalue weighted by atomic mass is 9.98. The third kappa shape index (κ3) is 2.44. The van der Waals surface area contributed by atoms with Gasteiger partial charge in [-0.2, -0.15) is 0 Å². The summed E-state index contributed by atoms with van der Waals surface area (Å²) < 4.78 is 0. The number of rotatable bonds is 1. The molecule has 2 rings (SSSR count). The van der Waals surface area contributed by atoms with Gasteiger partial charge in [-0.05, 0) is 23.8 Å². The first-order valence-electron chi connectivity index (χ1n) is 4.82. The Kier molecular flexibility index (Phi) is 3.17. The highest BCUT2D eigenvalue weighted by Crippen LogP contribution is 2.29. The molecule has 0 spiro atoms. The van der Waals surface area contributed by atoms with Crippen molar-refractivity contribution in [3.8, 4) is 0 Å². The molecule has 0 bridgehead atoms. The Balaban J connectivity index is 2.29. The van der Waals surface area contributed by atoms with Gasteiger partial charge in [0.15, 0.2) is 0 Å². The van der Waals surface area contributed by atoms with E-state index >= 15 is 0 Å². The molecule has 1 aromatic rings. The van der Waals surface area contributed by atoms with Crippen LogP contribution in [0.15, 0.2) is 23.2 Å². The van der Waals surface area contributed by atoms with Crippen LogP contribution in [-0.4, -0.2) is 31.4 Å². The van der Waals surface area contributed by atoms with Gasteiger partial charge < -0.3 is 4.90 Å². The van der Waals surface area contributed by atoms with Crippen LogP contribution in [-0.2, 0) is 0 Å². The fourth-order valence-electron chi connectivity index (χ4n) is 1.79. The number of benzene rings is 1. The molecule has 1 aliphatic heterocycles. The van der Waals surface area contributed by atoms with E-state index in [-0.39, 0.29) is 0 Å². The summed E-state index contributed by atoms with van der Waals surface area (Å²) in [5, 5.41) is 1.50. The molecule has 1 aromatic carbocycles. The van der Waals surface area contributed by atoms with Gasteiger partial charge in [0, 0.05) is 36.1 Å². The quantitative estimate of drug-likeness (QED) is 0.740. The van der Waals surface area contributed by atoms with E-state index in [9.17, 15) is 0 Å². The largest absolute Gasteiger partial charge is 0.365 e. The molecule has 1 atom stereocenters. The fraction of sp³-hybridized carbons (Fsp3) is 0.364. The number of nitrogens with zero attached hydrogens (tertiary/aromatic N) is 2. The SMILES string of the molecule is CN1C=NCC(c2cc(Cl)ccc2Cl)C1. The zero-order valence-corrected chi connectivity index (χ0v) is 9.96. The number of halogens is 2. The van der Waals surface area contributed by atoms with Crippen molar-refractivity contribution in [2.24, 2.45) is 4.99 Å².